The molecule has 1 aromatic rings. The highest BCUT2D eigenvalue weighted by molar-refractivity contribution is 6.00. The number of carbonyl (C=O) groups is 1. The summed E-state index contributed by atoms with van der Waals surface area (Å²) in [6.07, 6.45) is 6.25. The van der Waals surface area contributed by atoms with Crippen molar-refractivity contribution in [2.45, 2.75) is 44.6 Å². The molecule has 0 N–H and O–H groups in total. The van der Waals surface area contributed by atoms with E-state index in [9.17, 15) is 4.79 Å². The second-order valence-corrected chi connectivity index (χ2v) is 8.38. The maximum absolute atomic E-state index is 12.4. The number of benzene rings is 1. The van der Waals surface area contributed by atoms with E-state index < -0.39 is 0 Å². The Balaban J connectivity index is 1.64. The molecule has 2 atom stereocenters. The molecule has 1 saturated carbocycles. The van der Waals surface area contributed by atoms with Crippen LogP contribution in [0, 0.1) is 5.41 Å². The Bertz CT molecular complexity index is 838. The van der Waals surface area contributed by atoms with Gasteiger partial charge >= 0.3 is 0 Å². The first kappa shape index (κ1) is 18.0. The van der Waals surface area contributed by atoms with Gasteiger partial charge in [0.15, 0.2) is 17.3 Å². The van der Waals surface area contributed by atoms with Gasteiger partial charge in [-0.25, -0.2) is 0 Å². The first-order chi connectivity index (χ1) is 12.8. The van der Waals surface area contributed by atoms with Crippen molar-refractivity contribution in [3.63, 3.8) is 0 Å². The molecule has 0 amide bonds. The number of ketones is 1. The van der Waals surface area contributed by atoms with E-state index in [1.807, 2.05) is 18.2 Å². The number of allylic oxidation sites excluding steroid dienone is 3. The molecule has 5 heteroatoms. The lowest BCUT2D eigenvalue weighted by molar-refractivity contribution is -0.118. The Morgan fingerprint density at radius 2 is 1.70 bits per heavy atom. The summed E-state index contributed by atoms with van der Waals surface area (Å²) in [6.45, 7) is 4.24. The third-order valence-corrected chi connectivity index (χ3v) is 5.77. The second-order valence-electron chi connectivity index (χ2n) is 8.38. The van der Waals surface area contributed by atoms with E-state index in [0.717, 1.165) is 29.7 Å². The van der Waals surface area contributed by atoms with Crippen LogP contribution in [0.2, 0.25) is 0 Å². The highest BCUT2D eigenvalue weighted by Crippen LogP contribution is 2.60. The fourth-order valence-electron chi connectivity index (χ4n) is 4.30. The van der Waals surface area contributed by atoms with Crippen molar-refractivity contribution in [2.75, 3.05) is 21.3 Å². The maximum Gasteiger partial charge on any atom is 0.203 e. The van der Waals surface area contributed by atoms with Gasteiger partial charge in [0.25, 0.3) is 0 Å². The third kappa shape index (κ3) is 2.89. The van der Waals surface area contributed by atoms with E-state index in [1.54, 1.807) is 21.3 Å². The largest absolute Gasteiger partial charge is 0.493 e. The lowest BCUT2D eigenvalue weighted by Crippen LogP contribution is -2.30. The van der Waals surface area contributed by atoms with Gasteiger partial charge in [0, 0.05) is 25.2 Å². The highest BCUT2D eigenvalue weighted by atomic mass is 16.5. The summed E-state index contributed by atoms with van der Waals surface area (Å²) in [7, 11) is 4.84. The third-order valence-electron chi connectivity index (χ3n) is 5.77. The molecule has 0 unspecified atom stereocenters. The number of rotatable bonds is 4. The zero-order chi connectivity index (χ0) is 19.4. The van der Waals surface area contributed by atoms with Crippen molar-refractivity contribution in [3.05, 3.63) is 41.2 Å². The number of hydrogen-bond acceptors (Lipinski definition) is 5. The van der Waals surface area contributed by atoms with Gasteiger partial charge in [-0.15, -0.1) is 0 Å². The van der Waals surface area contributed by atoms with E-state index >= 15 is 0 Å². The number of carbonyl (C=O) groups excluding carboxylic acids is 1. The number of hydrogen-bond donors (Lipinski definition) is 0. The normalized spacial score (nSPS) is 27.9. The molecule has 27 heavy (non-hydrogen) atoms. The fraction of sp³-hybridized carbons (Fsp3) is 0.500. The van der Waals surface area contributed by atoms with Crippen LogP contribution in [0.4, 0.5) is 0 Å². The highest BCUT2D eigenvalue weighted by Gasteiger charge is 2.58. The number of ether oxygens (including phenoxy) is 4. The van der Waals surface area contributed by atoms with Gasteiger partial charge in [-0.05, 0) is 35.3 Å². The van der Waals surface area contributed by atoms with Crippen LogP contribution in [-0.2, 0) is 9.53 Å². The molecule has 1 aromatic carbocycles. The Kier molecular flexibility index (Phi) is 4.02. The molecule has 4 rings (SSSR count). The van der Waals surface area contributed by atoms with E-state index in [0.29, 0.717) is 23.7 Å². The SMILES string of the molecule is COc1cc([C@@H]2C[C@]23C=CC2=C(CC(C)(C)CC2=O)O3)cc(OC)c1OC. The van der Waals surface area contributed by atoms with Crippen molar-refractivity contribution in [1.82, 2.24) is 0 Å². The average Bonchev–Trinajstić information content (AvgIpc) is 3.31. The Morgan fingerprint density at radius 1 is 1.04 bits per heavy atom. The zero-order valence-corrected chi connectivity index (χ0v) is 16.5. The predicted octanol–water partition coefficient (Wildman–Crippen LogP) is 4.17. The molecule has 0 radical (unpaired) electrons. The van der Waals surface area contributed by atoms with Gasteiger partial charge in [-0.2, -0.15) is 0 Å². The molecular formula is C22H26O5. The molecule has 0 aromatic heterocycles. The van der Waals surface area contributed by atoms with Gasteiger partial charge in [0.2, 0.25) is 5.75 Å². The molecule has 3 aliphatic rings. The minimum atomic E-state index is -0.378. The van der Waals surface area contributed by atoms with Crippen LogP contribution < -0.4 is 14.2 Å². The van der Waals surface area contributed by atoms with Gasteiger partial charge < -0.3 is 18.9 Å². The first-order valence-corrected chi connectivity index (χ1v) is 9.27. The molecule has 1 heterocycles. The second kappa shape index (κ2) is 6.04. The molecule has 1 spiro atoms. The van der Waals surface area contributed by atoms with E-state index in [1.165, 1.54) is 0 Å². The zero-order valence-electron chi connectivity index (χ0n) is 16.5. The van der Waals surface area contributed by atoms with Crippen LogP contribution in [0.25, 0.3) is 0 Å². The molecule has 0 bridgehead atoms. The summed E-state index contributed by atoms with van der Waals surface area (Å²) in [6, 6.07) is 3.97. The smallest absolute Gasteiger partial charge is 0.203 e. The van der Waals surface area contributed by atoms with Crippen LogP contribution in [0.5, 0.6) is 17.2 Å². The number of Topliss-reactive ketones (excluding diaryl/α,β-unsaturated/α-hetero) is 1. The average molecular weight is 370 g/mol. The predicted molar refractivity (Wildman–Crippen MR) is 101 cm³/mol. The Labute approximate surface area is 159 Å². The van der Waals surface area contributed by atoms with Crippen molar-refractivity contribution < 1.29 is 23.7 Å². The molecule has 0 saturated heterocycles. The van der Waals surface area contributed by atoms with Gasteiger partial charge in [-0.1, -0.05) is 13.8 Å². The van der Waals surface area contributed by atoms with Gasteiger partial charge in [0.1, 0.15) is 11.4 Å². The summed E-state index contributed by atoms with van der Waals surface area (Å²) < 4.78 is 22.8. The van der Waals surface area contributed by atoms with E-state index in [-0.39, 0.29) is 22.7 Å². The van der Waals surface area contributed by atoms with Crippen molar-refractivity contribution in [2.24, 2.45) is 5.41 Å². The summed E-state index contributed by atoms with van der Waals surface area (Å²) in [5.41, 5.74) is 1.39. The first-order valence-electron chi connectivity index (χ1n) is 9.27. The van der Waals surface area contributed by atoms with Gasteiger partial charge in [0.05, 0.1) is 26.9 Å². The van der Waals surface area contributed by atoms with Crippen molar-refractivity contribution in [1.29, 1.82) is 0 Å². The summed E-state index contributed by atoms with van der Waals surface area (Å²) in [5.74, 6) is 3.08. The molecule has 2 aliphatic carbocycles. The van der Waals surface area contributed by atoms with Crippen LogP contribution in [0.1, 0.15) is 44.6 Å². The summed E-state index contributed by atoms with van der Waals surface area (Å²) in [5, 5.41) is 0. The topological polar surface area (TPSA) is 54.0 Å². The van der Waals surface area contributed by atoms with Crippen LogP contribution in [-0.4, -0.2) is 32.7 Å². The number of methoxy groups -OCH3 is 3. The molecule has 5 nitrogen and oxygen atoms in total. The van der Waals surface area contributed by atoms with E-state index in [2.05, 4.69) is 19.9 Å². The minimum absolute atomic E-state index is 0.0563. The molecule has 1 fully saturated rings. The van der Waals surface area contributed by atoms with Crippen molar-refractivity contribution >= 4 is 5.78 Å². The maximum atomic E-state index is 12.4. The van der Waals surface area contributed by atoms with Crippen LogP contribution in [0.3, 0.4) is 0 Å². The fourth-order valence-corrected chi connectivity index (χ4v) is 4.30. The summed E-state index contributed by atoms with van der Waals surface area (Å²) >= 11 is 0. The van der Waals surface area contributed by atoms with Gasteiger partial charge in [-0.3, -0.25) is 4.79 Å². The summed E-state index contributed by atoms with van der Waals surface area (Å²) in [4.78, 5) is 12.4. The Morgan fingerprint density at radius 3 is 2.30 bits per heavy atom. The lowest BCUT2D eigenvalue weighted by Gasteiger charge is -2.35. The van der Waals surface area contributed by atoms with Crippen molar-refractivity contribution in [3.8, 4) is 17.2 Å². The molecular weight excluding hydrogens is 344 g/mol. The molecule has 1 aliphatic heterocycles. The molecule has 144 valence electrons. The monoisotopic (exact) mass is 370 g/mol. The standard InChI is InChI=1S/C22H26O5/c1-21(2)11-16(23)14-6-7-22(27-19(14)12-21)10-15(22)13-8-17(24-3)20(26-5)18(9-13)25-4/h6-9,15H,10-12H2,1-5H3/t15-,22+/m0/s1. The van der Waals surface area contributed by atoms with Crippen LogP contribution in [0.15, 0.2) is 35.6 Å². The Hall–Kier alpha value is -2.43. The lowest BCUT2D eigenvalue weighted by atomic mass is 9.76. The van der Waals surface area contributed by atoms with Crippen LogP contribution >= 0.6 is 0 Å². The minimum Gasteiger partial charge on any atom is -0.493 e. The quantitative estimate of drug-likeness (QED) is 0.796. The van der Waals surface area contributed by atoms with E-state index in [4.69, 9.17) is 18.9 Å².